The van der Waals surface area contributed by atoms with Gasteiger partial charge in [0.1, 0.15) is 0 Å². The van der Waals surface area contributed by atoms with Gasteiger partial charge in [-0.2, -0.15) is 0 Å². The molecule has 1 aliphatic rings. The summed E-state index contributed by atoms with van der Waals surface area (Å²) in [6, 6.07) is 3.80. The van der Waals surface area contributed by atoms with Gasteiger partial charge in [0.05, 0.1) is 11.8 Å². The lowest BCUT2D eigenvalue weighted by atomic mass is 10.1. The number of piperidine rings is 1. The molecule has 1 aromatic rings. The normalized spacial score (nSPS) is 18.8. The first kappa shape index (κ1) is 14.3. The standard InChI is InChI=1S/C13H18Br2N2O/c14-10-6-9(7-11(15)13(10)16)12(18)8-17-4-2-1-3-5-17/h6-7,12,18H,1-5,8,16H2. The van der Waals surface area contributed by atoms with Crippen molar-refractivity contribution in [3.05, 3.63) is 26.6 Å². The van der Waals surface area contributed by atoms with E-state index in [4.69, 9.17) is 5.73 Å². The summed E-state index contributed by atoms with van der Waals surface area (Å²) in [4.78, 5) is 2.33. The third-order valence-corrected chi connectivity index (χ3v) is 4.68. The summed E-state index contributed by atoms with van der Waals surface area (Å²) in [6.45, 7) is 2.88. The van der Waals surface area contributed by atoms with Crippen molar-refractivity contribution in [2.75, 3.05) is 25.4 Å². The van der Waals surface area contributed by atoms with Crippen LogP contribution in [0.4, 0.5) is 5.69 Å². The number of aliphatic hydroxyl groups excluding tert-OH is 1. The van der Waals surface area contributed by atoms with Crippen LogP contribution in [0.3, 0.4) is 0 Å². The first-order valence-electron chi connectivity index (χ1n) is 6.23. The lowest BCUT2D eigenvalue weighted by Crippen LogP contribution is -2.33. The van der Waals surface area contributed by atoms with Crippen LogP contribution in [0.1, 0.15) is 30.9 Å². The first-order chi connectivity index (χ1) is 8.58. The number of anilines is 1. The van der Waals surface area contributed by atoms with Crippen LogP contribution >= 0.6 is 31.9 Å². The Morgan fingerprint density at radius 3 is 2.28 bits per heavy atom. The average Bonchev–Trinajstić information content (AvgIpc) is 2.36. The molecule has 5 heteroatoms. The summed E-state index contributed by atoms with van der Waals surface area (Å²) >= 11 is 6.82. The molecule has 0 bridgehead atoms. The molecule has 1 aliphatic heterocycles. The Bertz CT molecular complexity index is 396. The van der Waals surface area contributed by atoms with Crippen molar-refractivity contribution in [1.82, 2.24) is 4.90 Å². The fraction of sp³-hybridized carbons (Fsp3) is 0.538. The van der Waals surface area contributed by atoms with E-state index in [9.17, 15) is 5.11 Å². The highest BCUT2D eigenvalue weighted by Crippen LogP contribution is 2.32. The van der Waals surface area contributed by atoms with Crippen LogP contribution in [0, 0.1) is 0 Å². The van der Waals surface area contributed by atoms with Gasteiger partial charge in [0, 0.05) is 15.5 Å². The minimum absolute atomic E-state index is 0.462. The van der Waals surface area contributed by atoms with Gasteiger partial charge in [0.2, 0.25) is 0 Å². The zero-order chi connectivity index (χ0) is 13.1. The maximum absolute atomic E-state index is 10.3. The van der Waals surface area contributed by atoms with E-state index >= 15 is 0 Å². The van der Waals surface area contributed by atoms with E-state index in [0.29, 0.717) is 12.2 Å². The molecule has 0 radical (unpaired) electrons. The maximum Gasteiger partial charge on any atom is 0.0917 e. The number of halogens is 2. The number of likely N-dealkylation sites (tertiary alicyclic amines) is 1. The Labute approximate surface area is 125 Å². The molecule has 0 amide bonds. The molecule has 1 unspecified atom stereocenters. The average molecular weight is 378 g/mol. The fourth-order valence-electron chi connectivity index (χ4n) is 2.29. The molecule has 0 aromatic heterocycles. The number of nitrogens with two attached hydrogens (primary N) is 1. The number of β-amino-alcohol motifs (C(OH)–C–C–N with tert-alkyl or cyclic N) is 1. The second kappa shape index (κ2) is 6.37. The van der Waals surface area contributed by atoms with Gasteiger partial charge in [0.25, 0.3) is 0 Å². The molecule has 1 atom stereocenters. The molecule has 3 N–H and O–H groups in total. The lowest BCUT2D eigenvalue weighted by molar-refractivity contribution is 0.101. The molecule has 2 rings (SSSR count). The van der Waals surface area contributed by atoms with E-state index < -0.39 is 6.10 Å². The van der Waals surface area contributed by atoms with E-state index in [2.05, 4.69) is 36.8 Å². The van der Waals surface area contributed by atoms with Crippen LogP contribution in [0.5, 0.6) is 0 Å². The second-order valence-corrected chi connectivity index (χ2v) is 6.48. The van der Waals surface area contributed by atoms with E-state index in [-0.39, 0.29) is 0 Å². The number of hydrogen-bond donors (Lipinski definition) is 2. The van der Waals surface area contributed by atoms with Gasteiger partial charge in [-0.05, 0) is 75.5 Å². The van der Waals surface area contributed by atoms with Gasteiger partial charge < -0.3 is 15.7 Å². The molecular weight excluding hydrogens is 360 g/mol. The van der Waals surface area contributed by atoms with Crippen LogP contribution in [0.2, 0.25) is 0 Å². The van der Waals surface area contributed by atoms with Gasteiger partial charge >= 0.3 is 0 Å². The first-order valence-corrected chi connectivity index (χ1v) is 7.81. The Morgan fingerprint density at radius 1 is 1.17 bits per heavy atom. The number of benzene rings is 1. The van der Waals surface area contributed by atoms with E-state index in [0.717, 1.165) is 27.6 Å². The van der Waals surface area contributed by atoms with Crippen molar-refractivity contribution < 1.29 is 5.11 Å². The molecule has 1 saturated heterocycles. The zero-order valence-electron chi connectivity index (χ0n) is 10.2. The molecule has 1 heterocycles. The number of rotatable bonds is 3. The maximum atomic E-state index is 10.3. The van der Waals surface area contributed by atoms with Gasteiger partial charge in [-0.3, -0.25) is 0 Å². The van der Waals surface area contributed by atoms with Crippen LogP contribution in [-0.4, -0.2) is 29.6 Å². The van der Waals surface area contributed by atoms with E-state index in [1.165, 1.54) is 19.3 Å². The Kier molecular flexibility index (Phi) is 5.06. The number of nitrogens with zero attached hydrogens (tertiary/aromatic N) is 1. The van der Waals surface area contributed by atoms with Crippen LogP contribution < -0.4 is 5.73 Å². The predicted molar refractivity (Wildman–Crippen MR) is 81.5 cm³/mol. The molecule has 1 aromatic carbocycles. The highest BCUT2D eigenvalue weighted by Gasteiger charge is 2.17. The molecule has 3 nitrogen and oxygen atoms in total. The van der Waals surface area contributed by atoms with Crippen molar-refractivity contribution in [3.63, 3.8) is 0 Å². The molecule has 0 saturated carbocycles. The summed E-state index contributed by atoms with van der Waals surface area (Å²) in [5.74, 6) is 0. The largest absolute Gasteiger partial charge is 0.397 e. The SMILES string of the molecule is Nc1c(Br)cc(C(O)CN2CCCCC2)cc1Br. The third-order valence-electron chi connectivity index (χ3n) is 3.37. The Morgan fingerprint density at radius 2 is 1.72 bits per heavy atom. The molecule has 18 heavy (non-hydrogen) atoms. The van der Waals surface area contributed by atoms with Crippen molar-refractivity contribution in [2.24, 2.45) is 0 Å². The molecule has 1 fully saturated rings. The monoisotopic (exact) mass is 376 g/mol. The summed E-state index contributed by atoms with van der Waals surface area (Å²) in [6.07, 6.45) is 3.33. The fourth-order valence-corrected chi connectivity index (χ4v) is 3.51. The van der Waals surface area contributed by atoms with E-state index in [1.54, 1.807) is 0 Å². The number of hydrogen-bond acceptors (Lipinski definition) is 3. The third kappa shape index (κ3) is 3.47. The van der Waals surface area contributed by atoms with Crippen LogP contribution in [0.15, 0.2) is 21.1 Å². The quantitative estimate of drug-likeness (QED) is 0.794. The van der Waals surface area contributed by atoms with Gasteiger partial charge in [0.15, 0.2) is 0 Å². The van der Waals surface area contributed by atoms with Gasteiger partial charge in [-0.1, -0.05) is 6.42 Å². The summed E-state index contributed by atoms with van der Waals surface area (Å²) in [5.41, 5.74) is 7.42. The minimum Gasteiger partial charge on any atom is -0.397 e. The zero-order valence-corrected chi connectivity index (χ0v) is 13.4. The Balaban J connectivity index is 2.06. The number of nitrogen functional groups attached to an aromatic ring is 1. The van der Waals surface area contributed by atoms with E-state index in [1.807, 2.05) is 12.1 Å². The summed E-state index contributed by atoms with van der Waals surface area (Å²) in [7, 11) is 0. The summed E-state index contributed by atoms with van der Waals surface area (Å²) in [5, 5.41) is 10.3. The Hall–Kier alpha value is -0.100. The lowest BCUT2D eigenvalue weighted by Gasteiger charge is -2.28. The minimum atomic E-state index is -0.462. The van der Waals surface area contributed by atoms with Crippen LogP contribution in [-0.2, 0) is 0 Å². The molecular formula is C13H18Br2N2O. The smallest absolute Gasteiger partial charge is 0.0917 e. The van der Waals surface area contributed by atoms with Crippen molar-refractivity contribution in [1.29, 1.82) is 0 Å². The van der Waals surface area contributed by atoms with Gasteiger partial charge in [-0.25, -0.2) is 0 Å². The topological polar surface area (TPSA) is 49.5 Å². The molecule has 0 aliphatic carbocycles. The highest BCUT2D eigenvalue weighted by molar-refractivity contribution is 9.11. The number of aliphatic hydroxyl groups is 1. The van der Waals surface area contributed by atoms with Gasteiger partial charge in [-0.15, -0.1) is 0 Å². The van der Waals surface area contributed by atoms with Crippen LogP contribution in [0.25, 0.3) is 0 Å². The van der Waals surface area contributed by atoms with Crippen molar-refractivity contribution in [2.45, 2.75) is 25.4 Å². The van der Waals surface area contributed by atoms with Crippen molar-refractivity contribution in [3.8, 4) is 0 Å². The highest BCUT2D eigenvalue weighted by atomic mass is 79.9. The molecule has 0 spiro atoms. The molecule has 100 valence electrons. The summed E-state index contributed by atoms with van der Waals surface area (Å²) < 4.78 is 1.65. The van der Waals surface area contributed by atoms with Crippen molar-refractivity contribution >= 4 is 37.5 Å². The second-order valence-electron chi connectivity index (χ2n) is 4.78. The predicted octanol–water partition coefficient (Wildman–Crippen LogP) is 3.31.